The summed E-state index contributed by atoms with van der Waals surface area (Å²) in [7, 11) is 0. The van der Waals surface area contributed by atoms with Crippen molar-refractivity contribution in [1.82, 2.24) is 5.16 Å². The summed E-state index contributed by atoms with van der Waals surface area (Å²) in [5.41, 5.74) is 8.40. The lowest BCUT2D eigenvalue weighted by molar-refractivity contribution is 0.102. The van der Waals surface area contributed by atoms with Crippen molar-refractivity contribution in [3.05, 3.63) is 46.8 Å². The van der Waals surface area contributed by atoms with Gasteiger partial charge in [0.05, 0.1) is 5.69 Å². The predicted octanol–water partition coefficient (Wildman–Crippen LogP) is 2.68. The third kappa shape index (κ3) is 3.37. The standard InChI is InChI=1S/C14H17N3O2.ClH/c1-3-12-13(9(2)17-19-12)14(18)16-11-6-4-10(8-15)5-7-11;/h4-7H,3,8,15H2,1-2H3,(H,16,18);1H. The molecule has 2 rings (SSSR count). The number of nitrogens with zero attached hydrogens (tertiary/aromatic N) is 1. The molecule has 0 aliphatic rings. The van der Waals surface area contributed by atoms with Crippen molar-refractivity contribution < 1.29 is 9.32 Å². The lowest BCUT2D eigenvalue weighted by Gasteiger charge is -2.06. The molecule has 0 unspecified atom stereocenters. The fourth-order valence-corrected chi connectivity index (χ4v) is 1.87. The molecule has 0 aliphatic heterocycles. The average Bonchev–Trinajstić information content (AvgIpc) is 2.80. The highest BCUT2D eigenvalue weighted by Gasteiger charge is 2.19. The minimum Gasteiger partial charge on any atom is -0.360 e. The molecule has 6 heteroatoms. The number of rotatable bonds is 4. The Morgan fingerprint density at radius 3 is 2.55 bits per heavy atom. The fourth-order valence-electron chi connectivity index (χ4n) is 1.87. The Hall–Kier alpha value is -1.85. The number of aryl methyl sites for hydroxylation is 2. The molecule has 0 atom stereocenters. The molecule has 1 heterocycles. The molecule has 5 nitrogen and oxygen atoms in total. The van der Waals surface area contributed by atoms with Gasteiger partial charge in [-0.25, -0.2) is 0 Å². The summed E-state index contributed by atoms with van der Waals surface area (Å²) in [6.07, 6.45) is 0.635. The number of amides is 1. The van der Waals surface area contributed by atoms with E-state index in [1.165, 1.54) is 0 Å². The Morgan fingerprint density at radius 2 is 2.00 bits per heavy atom. The molecule has 0 radical (unpaired) electrons. The molecule has 0 aliphatic carbocycles. The lowest BCUT2D eigenvalue weighted by atomic mass is 10.1. The van der Waals surface area contributed by atoms with Crippen molar-refractivity contribution in [2.75, 3.05) is 5.32 Å². The maximum Gasteiger partial charge on any atom is 0.261 e. The molecule has 1 aromatic carbocycles. The number of carbonyl (C=O) groups excluding carboxylic acids is 1. The number of hydrogen-bond acceptors (Lipinski definition) is 4. The predicted molar refractivity (Wildman–Crippen MR) is 80.2 cm³/mol. The van der Waals surface area contributed by atoms with Crippen LogP contribution in [0.1, 0.15) is 34.3 Å². The molecule has 1 aromatic heterocycles. The van der Waals surface area contributed by atoms with Gasteiger partial charge in [0, 0.05) is 18.7 Å². The van der Waals surface area contributed by atoms with Crippen LogP contribution in [0.25, 0.3) is 0 Å². The molecule has 0 fully saturated rings. The third-order valence-electron chi connectivity index (χ3n) is 2.93. The number of carbonyl (C=O) groups is 1. The zero-order chi connectivity index (χ0) is 13.8. The Bertz CT molecular complexity index is 579. The van der Waals surface area contributed by atoms with Crippen LogP contribution in [0.2, 0.25) is 0 Å². The van der Waals surface area contributed by atoms with Crippen LogP contribution in [-0.2, 0) is 13.0 Å². The van der Waals surface area contributed by atoms with Crippen LogP contribution in [0.3, 0.4) is 0 Å². The van der Waals surface area contributed by atoms with E-state index < -0.39 is 0 Å². The Labute approximate surface area is 123 Å². The first kappa shape index (κ1) is 16.2. The number of benzene rings is 1. The molecule has 1 amide bonds. The maximum atomic E-state index is 12.2. The van der Waals surface area contributed by atoms with Gasteiger partial charge in [0.2, 0.25) is 0 Å². The Balaban J connectivity index is 0.00000200. The molecule has 0 saturated heterocycles. The summed E-state index contributed by atoms with van der Waals surface area (Å²) in [4.78, 5) is 12.2. The molecular formula is C14H18ClN3O2. The van der Waals surface area contributed by atoms with E-state index in [0.29, 0.717) is 30.0 Å². The van der Waals surface area contributed by atoms with E-state index in [-0.39, 0.29) is 18.3 Å². The number of nitrogens with two attached hydrogens (primary N) is 1. The highest BCUT2D eigenvalue weighted by atomic mass is 35.5. The summed E-state index contributed by atoms with van der Waals surface area (Å²) < 4.78 is 5.11. The van der Waals surface area contributed by atoms with Gasteiger partial charge in [-0.15, -0.1) is 12.4 Å². The van der Waals surface area contributed by atoms with Crippen LogP contribution in [-0.4, -0.2) is 11.1 Å². The zero-order valence-corrected chi connectivity index (χ0v) is 12.3. The van der Waals surface area contributed by atoms with Crippen LogP contribution >= 0.6 is 12.4 Å². The highest BCUT2D eigenvalue weighted by molar-refractivity contribution is 6.05. The van der Waals surface area contributed by atoms with Crippen LogP contribution in [0, 0.1) is 6.92 Å². The van der Waals surface area contributed by atoms with Crippen molar-refractivity contribution in [3.63, 3.8) is 0 Å². The summed E-state index contributed by atoms with van der Waals surface area (Å²) >= 11 is 0. The van der Waals surface area contributed by atoms with Crippen LogP contribution in [0.5, 0.6) is 0 Å². The smallest absolute Gasteiger partial charge is 0.261 e. The van der Waals surface area contributed by atoms with Crippen LogP contribution < -0.4 is 11.1 Å². The van der Waals surface area contributed by atoms with Crippen LogP contribution in [0.4, 0.5) is 5.69 Å². The second-order valence-corrected chi connectivity index (χ2v) is 4.27. The van der Waals surface area contributed by atoms with Crippen molar-refractivity contribution in [1.29, 1.82) is 0 Å². The number of aromatic nitrogens is 1. The van der Waals surface area contributed by atoms with Gasteiger partial charge < -0.3 is 15.6 Å². The minimum absolute atomic E-state index is 0. The maximum absolute atomic E-state index is 12.2. The quantitative estimate of drug-likeness (QED) is 0.908. The molecule has 0 saturated carbocycles. The highest BCUT2D eigenvalue weighted by Crippen LogP contribution is 2.17. The van der Waals surface area contributed by atoms with E-state index in [9.17, 15) is 4.79 Å². The second-order valence-electron chi connectivity index (χ2n) is 4.27. The number of nitrogens with one attached hydrogen (secondary N) is 1. The van der Waals surface area contributed by atoms with E-state index in [1.54, 1.807) is 6.92 Å². The van der Waals surface area contributed by atoms with Gasteiger partial charge in [0.15, 0.2) is 0 Å². The molecule has 20 heavy (non-hydrogen) atoms. The normalized spacial score (nSPS) is 9.95. The fraction of sp³-hybridized carbons (Fsp3) is 0.286. The zero-order valence-electron chi connectivity index (χ0n) is 11.5. The monoisotopic (exact) mass is 295 g/mol. The first-order valence-electron chi connectivity index (χ1n) is 6.21. The first-order valence-corrected chi connectivity index (χ1v) is 6.21. The van der Waals surface area contributed by atoms with Gasteiger partial charge in [-0.2, -0.15) is 0 Å². The van der Waals surface area contributed by atoms with Crippen molar-refractivity contribution in [3.8, 4) is 0 Å². The van der Waals surface area contributed by atoms with E-state index in [2.05, 4.69) is 10.5 Å². The molecular weight excluding hydrogens is 278 g/mol. The van der Waals surface area contributed by atoms with Crippen molar-refractivity contribution in [2.45, 2.75) is 26.8 Å². The van der Waals surface area contributed by atoms with E-state index in [0.717, 1.165) is 11.3 Å². The lowest BCUT2D eigenvalue weighted by Crippen LogP contribution is -2.14. The molecule has 108 valence electrons. The second kappa shape index (κ2) is 7.07. The molecule has 0 bridgehead atoms. The summed E-state index contributed by atoms with van der Waals surface area (Å²) in [6.45, 7) is 4.17. The van der Waals surface area contributed by atoms with Gasteiger partial charge in [-0.1, -0.05) is 24.2 Å². The first-order chi connectivity index (χ1) is 9.15. The molecule has 3 N–H and O–H groups in total. The topological polar surface area (TPSA) is 81.2 Å². The van der Waals surface area contributed by atoms with Gasteiger partial charge >= 0.3 is 0 Å². The SMILES string of the molecule is CCc1onc(C)c1C(=O)Nc1ccc(CN)cc1.Cl. The number of anilines is 1. The average molecular weight is 296 g/mol. The van der Waals surface area contributed by atoms with Gasteiger partial charge in [0.1, 0.15) is 11.3 Å². The van der Waals surface area contributed by atoms with Crippen LogP contribution in [0.15, 0.2) is 28.8 Å². The molecule has 0 spiro atoms. The molecule has 2 aromatic rings. The van der Waals surface area contributed by atoms with Gasteiger partial charge in [0.25, 0.3) is 5.91 Å². The summed E-state index contributed by atoms with van der Waals surface area (Å²) in [6, 6.07) is 7.43. The minimum atomic E-state index is -0.198. The Morgan fingerprint density at radius 1 is 1.35 bits per heavy atom. The van der Waals surface area contributed by atoms with E-state index in [4.69, 9.17) is 10.3 Å². The van der Waals surface area contributed by atoms with Crippen molar-refractivity contribution >= 4 is 24.0 Å². The largest absolute Gasteiger partial charge is 0.360 e. The Kier molecular flexibility index (Phi) is 5.73. The summed E-state index contributed by atoms with van der Waals surface area (Å²) in [5, 5.41) is 6.66. The number of hydrogen-bond donors (Lipinski definition) is 2. The van der Waals surface area contributed by atoms with E-state index in [1.807, 2.05) is 31.2 Å². The van der Waals surface area contributed by atoms with Gasteiger partial charge in [-0.3, -0.25) is 4.79 Å². The van der Waals surface area contributed by atoms with E-state index >= 15 is 0 Å². The third-order valence-corrected chi connectivity index (χ3v) is 2.93. The number of halogens is 1. The summed E-state index contributed by atoms with van der Waals surface area (Å²) in [5.74, 6) is 0.407. The van der Waals surface area contributed by atoms with Gasteiger partial charge in [-0.05, 0) is 24.6 Å². The van der Waals surface area contributed by atoms with Crippen molar-refractivity contribution in [2.24, 2.45) is 5.73 Å².